The third-order valence-corrected chi connectivity index (χ3v) is 3.70. The average molecular weight is 306 g/mol. The van der Waals surface area contributed by atoms with Crippen molar-refractivity contribution in [3.8, 4) is 5.75 Å². The lowest BCUT2D eigenvalue weighted by molar-refractivity contribution is 0.0973. The first kappa shape index (κ1) is 14.5. The second kappa shape index (κ2) is 7.02. The summed E-state index contributed by atoms with van der Waals surface area (Å²) in [6.07, 6.45) is 0. The molecule has 0 aliphatic heterocycles. The summed E-state index contributed by atoms with van der Waals surface area (Å²) in [5, 5.41) is 7.93. The standard InChI is InChI=1S/C14H14N2O2S2/c1-18-12-7-3-2-6-11(12)13(17)16-14(19)15-9-10-5-4-8-20-10/h2-8H,9H2,1H3,(H2,15,16,17,19). The van der Waals surface area contributed by atoms with E-state index in [0.717, 1.165) is 4.88 Å². The van der Waals surface area contributed by atoms with Crippen molar-refractivity contribution in [3.63, 3.8) is 0 Å². The van der Waals surface area contributed by atoms with Crippen LogP contribution >= 0.6 is 23.6 Å². The molecule has 4 nitrogen and oxygen atoms in total. The van der Waals surface area contributed by atoms with Gasteiger partial charge in [-0.2, -0.15) is 0 Å². The van der Waals surface area contributed by atoms with Gasteiger partial charge < -0.3 is 10.1 Å². The van der Waals surface area contributed by atoms with Gasteiger partial charge in [0.15, 0.2) is 5.11 Å². The van der Waals surface area contributed by atoms with E-state index in [9.17, 15) is 4.79 Å². The predicted molar refractivity (Wildman–Crippen MR) is 84.2 cm³/mol. The summed E-state index contributed by atoms with van der Waals surface area (Å²) in [5.74, 6) is 0.234. The Bertz CT molecular complexity index is 597. The van der Waals surface area contributed by atoms with Crippen LogP contribution in [0.4, 0.5) is 0 Å². The molecule has 1 heterocycles. The zero-order valence-electron chi connectivity index (χ0n) is 10.9. The highest BCUT2D eigenvalue weighted by Gasteiger charge is 2.12. The lowest BCUT2D eigenvalue weighted by Crippen LogP contribution is -2.38. The molecule has 0 spiro atoms. The number of hydrogen-bond acceptors (Lipinski definition) is 4. The van der Waals surface area contributed by atoms with E-state index in [0.29, 0.717) is 23.0 Å². The van der Waals surface area contributed by atoms with Crippen LogP contribution in [0, 0.1) is 0 Å². The number of nitrogens with one attached hydrogen (secondary N) is 2. The molecule has 20 heavy (non-hydrogen) atoms. The minimum absolute atomic E-state index is 0.286. The van der Waals surface area contributed by atoms with E-state index >= 15 is 0 Å². The number of methoxy groups -OCH3 is 1. The summed E-state index contributed by atoms with van der Waals surface area (Å²) in [5.41, 5.74) is 0.454. The molecule has 0 atom stereocenters. The van der Waals surface area contributed by atoms with Crippen LogP contribution in [0.2, 0.25) is 0 Å². The van der Waals surface area contributed by atoms with Crippen LogP contribution in [0.1, 0.15) is 15.2 Å². The first-order chi connectivity index (χ1) is 9.70. The van der Waals surface area contributed by atoms with E-state index in [-0.39, 0.29) is 5.91 Å². The number of carbonyl (C=O) groups is 1. The number of thiophene rings is 1. The predicted octanol–water partition coefficient (Wildman–Crippen LogP) is 2.56. The zero-order chi connectivity index (χ0) is 14.4. The average Bonchev–Trinajstić information content (AvgIpc) is 2.98. The highest BCUT2D eigenvalue weighted by atomic mass is 32.1. The molecule has 0 aliphatic carbocycles. The Labute approximate surface area is 126 Å². The number of thiocarbonyl (C=S) groups is 1. The second-order valence-corrected chi connectivity index (χ2v) is 5.36. The van der Waals surface area contributed by atoms with Gasteiger partial charge in [0, 0.05) is 4.88 Å². The van der Waals surface area contributed by atoms with Crippen molar-refractivity contribution < 1.29 is 9.53 Å². The highest BCUT2D eigenvalue weighted by Crippen LogP contribution is 2.16. The van der Waals surface area contributed by atoms with Crippen LogP contribution in [0.3, 0.4) is 0 Å². The van der Waals surface area contributed by atoms with Gasteiger partial charge in [0.25, 0.3) is 5.91 Å². The van der Waals surface area contributed by atoms with E-state index in [1.165, 1.54) is 7.11 Å². The Morgan fingerprint density at radius 2 is 2.10 bits per heavy atom. The second-order valence-electron chi connectivity index (χ2n) is 3.92. The minimum atomic E-state index is -0.286. The number of benzene rings is 1. The Morgan fingerprint density at radius 3 is 2.80 bits per heavy atom. The molecule has 1 amide bonds. The molecule has 2 aromatic rings. The van der Waals surface area contributed by atoms with E-state index < -0.39 is 0 Å². The van der Waals surface area contributed by atoms with Crippen LogP contribution in [0.5, 0.6) is 5.75 Å². The fourth-order valence-electron chi connectivity index (χ4n) is 1.63. The highest BCUT2D eigenvalue weighted by molar-refractivity contribution is 7.80. The van der Waals surface area contributed by atoms with Crippen molar-refractivity contribution >= 4 is 34.6 Å². The summed E-state index contributed by atoms with van der Waals surface area (Å²) in [6.45, 7) is 0.600. The molecule has 0 unspecified atom stereocenters. The third kappa shape index (κ3) is 3.79. The molecule has 0 saturated heterocycles. The molecule has 2 N–H and O–H groups in total. The monoisotopic (exact) mass is 306 g/mol. The third-order valence-electron chi connectivity index (χ3n) is 2.58. The lowest BCUT2D eigenvalue weighted by atomic mass is 10.2. The number of amides is 1. The van der Waals surface area contributed by atoms with Gasteiger partial charge in [0.1, 0.15) is 5.75 Å². The Balaban J connectivity index is 1.92. The SMILES string of the molecule is COc1ccccc1C(=O)NC(=S)NCc1cccs1. The number of ether oxygens (including phenoxy) is 1. The van der Waals surface area contributed by atoms with Gasteiger partial charge in [-0.15, -0.1) is 11.3 Å². The summed E-state index contributed by atoms with van der Waals surface area (Å²) in [4.78, 5) is 13.2. The van der Waals surface area contributed by atoms with Crippen molar-refractivity contribution in [2.24, 2.45) is 0 Å². The fraction of sp³-hybridized carbons (Fsp3) is 0.143. The van der Waals surface area contributed by atoms with Crippen LogP contribution in [0.25, 0.3) is 0 Å². The molecule has 2 rings (SSSR count). The quantitative estimate of drug-likeness (QED) is 0.853. The fourth-order valence-corrected chi connectivity index (χ4v) is 2.44. The van der Waals surface area contributed by atoms with E-state index in [1.54, 1.807) is 29.5 Å². The molecule has 0 bridgehead atoms. The Hall–Kier alpha value is -1.92. The number of para-hydroxylation sites is 1. The molecular weight excluding hydrogens is 292 g/mol. The topological polar surface area (TPSA) is 50.4 Å². The van der Waals surface area contributed by atoms with Crippen molar-refractivity contribution in [1.29, 1.82) is 0 Å². The van der Waals surface area contributed by atoms with Gasteiger partial charge in [0.05, 0.1) is 19.2 Å². The van der Waals surface area contributed by atoms with Gasteiger partial charge in [-0.3, -0.25) is 10.1 Å². The maximum Gasteiger partial charge on any atom is 0.261 e. The molecule has 0 fully saturated rings. The number of hydrogen-bond donors (Lipinski definition) is 2. The van der Waals surface area contributed by atoms with Gasteiger partial charge in [-0.1, -0.05) is 18.2 Å². The minimum Gasteiger partial charge on any atom is -0.496 e. The van der Waals surface area contributed by atoms with E-state index in [2.05, 4.69) is 10.6 Å². The summed E-state index contributed by atoms with van der Waals surface area (Å²) in [7, 11) is 1.53. The molecular formula is C14H14N2O2S2. The molecule has 0 radical (unpaired) electrons. The van der Waals surface area contributed by atoms with Gasteiger partial charge >= 0.3 is 0 Å². The van der Waals surface area contributed by atoms with Gasteiger partial charge in [-0.25, -0.2) is 0 Å². The smallest absolute Gasteiger partial charge is 0.261 e. The Morgan fingerprint density at radius 1 is 1.30 bits per heavy atom. The molecule has 104 valence electrons. The van der Waals surface area contributed by atoms with Crippen LogP contribution in [0.15, 0.2) is 41.8 Å². The number of rotatable bonds is 4. The largest absolute Gasteiger partial charge is 0.496 e. The van der Waals surface area contributed by atoms with Crippen LogP contribution in [-0.4, -0.2) is 18.1 Å². The summed E-state index contributed by atoms with van der Waals surface area (Å²) >= 11 is 6.74. The van der Waals surface area contributed by atoms with Crippen molar-refractivity contribution in [2.45, 2.75) is 6.54 Å². The van der Waals surface area contributed by atoms with Gasteiger partial charge in [-0.05, 0) is 35.8 Å². The van der Waals surface area contributed by atoms with Crippen molar-refractivity contribution in [3.05, 3.63) is 52.2 Å². The molecule has 0 aliphatic rings. The van der Waals surface area contributed by atoms with Crippen LogP contribution in [-0.2, 0) is 6.54 Å². The summed E-state index contributed by atoms with van der Waals surface area (Å²) in [6, 6.07) is 11.0. The molecule has 1 aromatic carbocycles. The normalized spacial score (nSPS) is 9.85. The molecule has 1 aromatic heterocycles. The maximum atomic E-state index is 12.1. The van der Waals surface area contributed by atoms with Crippen molar-refractivity contribution in [2.75, 3.05) is 7.11 Å². The van der Waals surface area contributed by atoms with E-state index in [1.807, 2.05) is 23.6 Å². The van der Waals surface area contributed by atoms with Crippen LogP contribution < -0.4 is 15.4 Å². The number of carbonyl (C=O) groups excluding carboxylic acids is 1. The maximum absolute atomic E-state index is 12.1. The summed E-state index contributed by atoms with van der Waals surface area (Å²) < 4.78 is 5.14. The van der Waals surface area contributed by atoms with Crippen molar-refractivity contribution in [1.82, 2.24) is 10.6 Å². The first-order valence-corrected chi connectivity index (χ1v) is 7.24. The molecule has 6 heteroatoms. The lowest BCUT2D eigenvalue weighted by Gasteiger charge is -2.10. The zero-order valence-corrected chi connectivity index (χ0v) is 12.5. The van der Waals surface area contributed by atoms with Gasteiger partial charge in [0.2, 0.25) is 0 Å². The van der Waals surface area contributed by atoms with E-state index in [4.69, 9.17) is 17.0 Å². The first-order valence-electron chi connectivity index (χ1n) is 5.95. The molecule has 0 saturated carbocycles. The Kier molecular flexibility index (Phi) is 5.09.